The molecule has 4 heterocycles. The summed E-state index contributed by atoms with van der Waals surface area (Å²) in [6, 6.07) is 10.6. The minimum atomic E-state index is -5.23. The van der Waals surface area contributed by atoms with Crippen LogP contribution in [0, 0.1) is 29.5 Å². The van der Waals surface area contributed by atoms with E-state index in [1.807, 2.05) is 52.0 Å². The summed E-state index contributed by atoms with van der Waals surface area (Å²) < 4.78 is 73.3. The van der Waals surface area contributed by atoms with E-state index in [9.17, 15) is 32.3 Å². The summed E-state index contributed by atoms with van der Waals surface area (Å²) in [5.41, 5.74) is -0.870. The number of alkyl halides is 3. The van der Waals surface area contributed by atoms with Crippen LogP contribution in [0.1, 0.15) is 69.8 Å². The van der Waals surface area contributed by atoms with E-state index in [1.165, 1.54) is 42.0 Å². The second-order valence-electron chi connectivity index (χ2n) is 17.5. The number of anilines is 2. The number of thiocarbonyl (C=S) groups is 1. The smallest absolute Gasteiger partial charge is 0.420 e. The molecular formula is C46H49ClF4N8O7S2. The Bertz CT molecular complexity index is 2600. The van der Waals surface area contributed by atoms with Gasteiger partial charge in [0.1, 0.15) is 41.4 Å². The van der Waals surface area contributed by atoms with Crippen molar-refractivity contribution in [3.05, 3.63) is 87.4 Å². The second kappa shape index (κ2) is 21.2. The highest BCUT2D eigenvalue weighted by molar-refractivity contribution is 7.81. The van der Waals surface area contributed by atoms with Crippen LogP contribution in [0.15, 0.2) is 54.2 Å². The van der Waals surface area contributed by atoms with E-state index in [4.69, 9.17) is 43.3 Å². The van der Waals surface area contributed by atoms with Crippen LogP contribution in [0.3, 0.4) is 0 Å². The summed E-state index contributed by atoms with van der Waals surface area (Å²) in [6.45, 7) is 10.8. The maximum Gasteiger partial charge on any atom is 0.420 e. The molecule has 4 aromatic rings. The fourth-order valence-corrected chi connectivity index (χ4v) is 9.30. The number of rotatable bonds is 17. The van der Waals surface area contributed by atoms with Crippen LogP contribution in [-0.4, -0.2) is 101 Å². The highest BCUT2D eigenvalue weighted by Crippen LogP contribution is 2.42. The van der Waals surface area contributed by atoms with E-state index in [0.29, 0.717) is 30.8 Å². The topological polar surface area (TPSA) is 179 Å². The molecule has 2 N–H and O–H groups in total. The maximum atomic E-state index is 15.4. The van der Waals surface area contributed by atoms with Crippen molar-refractivity contribution in [3.63, 3.8) is 0 Å². The van der Waals surface area contributed by atoms with Crippen LogP contribution in [0.2, 0.25) is 5.02 Å². The number of aryl methyl sites for hydroxylation is 1. The largest absolute Gasteiger partial charge is 0.474 e. The fraction of sp³-hybridized carbons (Fsp3) is 0.435. The third-order valence-electron chi connectivity index (χ3n) is 11.2. The number of ether oxygens (including phenoxy) is 3. The van der Waals surface area contributed by atoms with Crippen molar-refractivity contribution in [2.24, 2.45) is 5.41 Å². The third-order valence-corrected chi connectivity index (χ3v) is 12.9. The molecule has 2 aromatic carbocycles. The molecule has 2 atom stereocenters. The number of likely N-dealkylation sites (tertiary alicyclic amines) is 1. The van der Waals surface area contributed by atoms with Gasteiger partial charge in [-0.15, -0.1) is 11.3 Å². The zero-order chi connectivity index (χ0) is 49.7. The van der Waals surface area contributed by atoms with Gasteiger partial charge in [-0.3, -0.25) is 24.1 Å². The van der Waals surface area contributed by atoms with Crippen LogP contribution in [0.5, 0.6) is 5.88 Å². The lowest BCUT2D eigenvalue weighted by Crippen LogP contribution is -2.58. The van der Waals surface area contributed by atoms with Gasteiger partial charge in [0.2, 0.25) is 23.6 Å². The molecule has 2 unspecified atom stereocenters. The predicted molar refractivity (Wildman–Crippen MR) is 249 cm³/mol. The average Bonchev–Trinajstić information content (AvgIpc) is 3.99. The van der Waals surface area contributed by atoms with Crippen molar-refractivity contribution >= 4 is 75.3 Å². The number of thiazole rings is 1. The molecule has 68 heavy (non-hydrogen) atoms. The summed E-state index contributed by atoms with van der Waals surface area (Å²) in [5, 5.41) is 14.6. The van der Waals surface area contributed by atoms with Crippen LogP contribution in [0.4, 0.5) is 28.9 Å². The third kappa shape index (κ3) is 11.4. The van der Waals surface area contributed by atoms with E-state index in [1.54, 1.807) is 16.8 Å². The molecule has 0 spiro atoms. The van der Waals surface area contributed by atoms with Crippen molar-refractivity contribution in [2.45, 2.75) is 84.7 Å². The molecule has 4 amide bonds. The molecule has 0 aliphatic carbocycles. The van der Waals surface area contributed by atoms with Gasteiger partial charge >= 0.3 is 6.18 Å². The van der Waals surface area contributed by atoms with Crippen molar-refractivity contribution < 1.29 is 51.0 Å². The van der Waals surface area contributed by atoms with Crippen LogP contribution in [0.25, 0.3) is 10.4 Å². The first kappa shape index (κ1) is 51.6. The predicted octanol–water partition coefficient (Wildman–Crippen LogP) is 7.36. The minimum Gasteiger partial charge on any atom is -0.474 e. The molecule has 2 aliphatic heterocycles. The number of benzene rings is 2. The SMILES string of the molecule is Cc1ncsc1-c1ccc(CNC(=O)C2CCCN2C(=O)C(NC(=O)COCCOCCOc2ncc(N3C(=S)N(c4ccc(C#N)c(C(F)(F)F)c4F)C(=O)C3(C)C)cc2Cl)C(C)(C)C)cc1. The number of hydrogen-bond donors (Lipinski definition) is 2. The van der Waals surface area contributed by atoms with Crippen LogP contribution in [-0.2, 0) is 41.4 Å². The number of carbonyl (C=O) groups is 4. The molecule has 2 aromatic heterocycles. The number of hydrogen-bond acceptors (Lipinski definition) is 12. The zero-order valence-corrected chi connectivity index (χ0v) is 40.4. The average molecular weight is 1000 g/mol. The van der Waals surface area contributed by atoms with Gasteiger partial charge in [-0.25, -0.2) is 14.4 Å². The number of amides is 4. The normalized spacial score (nSPS) is 16.5. The van der Waals surface area contributed by atoms with Gasteiger partial charge in [0.15, 0.2) is 10.9 Å². The van der Waals surface area contributed by atoms with Gasteiger partial charge in [0.25, 0.3) is 5.91 Å². The van der Waals surface area contributed by atoms with Crippen molar-refractivity contribution in [2.75, 3.05) is 49.4 Å². The van der Waals surface area contributed by atoms with Crippen LogP contribution < -0.4 is 25.2 Å². The van der Waals surface area contributed by atoms with Gasteiger partial charge in [-0.2, -0.15) is 18.4 Å². The molecule has 6 rings (SSSR count). The Hall–Kier alpha value is -5.79. The standard InChI is InChI=1S/C46H49ClF4N8O7S2/c1-26-37(68-25-55-26)28-11-9-27(10-12-28)22-53-39(61)33-8-7-15-57(33)41(62)38(44(2,3)4)56-34(60)24-65-17-16-64-18-19-66-40-31(47)20-30(23-54-40)59-43(67)58(42(63)45(59,5)6)32-14-13-29(21-52)35(36(32)48)46(49,50)51/h9-14,20,23,25,33,38H,7-8,15-19,22,24H2,1-6H3,(H,53,61)(H,56,60). The Balaban J connectivity index is 0.934. The Labute approximate surface area is 404 Å². The number of pyridine rings is 1. The molecule has 0 bridgehead atoms. The number of nitriles is 1. The molecule has 2 fully saturated rings. The van der Waals surface area contributed by atoms with Crippen molar-refractivity contribution in [1.82, 2.24) is 25.5 Å². The summed E-state index contributed by atoms with van der Waals surface area (Å²) in [5.74, 6) is -3.81. The van der Waals surface area contributed by atoms with E-state index >= 15 is 4.39 Å². The van der Waals surface area contributed by atoms with Gasteiger partial charge in [-0.05, 0) is 80.6 Å². The lowest BCUT2D eigenvalue weighted by atomic mass is 9.85. The van der Waals surface area contributed by atoms with E-state index in [-0.39, 0.29) is 66.6 Å². The fourth-order valence-electron chi connectivity index (χ4n) is 7.75. The number of nitrogens with zero attached hydrogens (tertiary/aromatic N) is 6. The number of aromatic nitrogens is 2. The quantitative estimate of drug-likeness (QED) is 0.0611. The van der Waals surface area contributed by atoms with Gasteiger partial charge in [0.05, 0.1) is 65.1 Å². The highest BCUT2D eigenvalue weighted by atomic mass is 35.5. The monoisotopic (exact) mass is 1000 g/mol. The summed E-state index contributed by atoms with van der Waals surface area (Å²) in [7, 11) is 0. The Morgan fingerprint density at radius 2 is 1.75 bits per heavy atom. The highest BCUT2D eigenvalue weighted by Gasteiger charge is 2.52. The summed E-state index contributed by atoms with van der Waals surface area (Å²) in [6.07, 6.45) is -2.81. The first-order valence-corrected chi connectivity index (χ1v) is 23.0. The van der Waals surface area contributed by atoms with E-state index in [2.05, 4.69) is 20.6 Å². The van der Waals surface area contributed by atoms with Crippen molar-refractivity contribution in [1.29, 1.82) is 5.26 Å². The van der Waals surface area contributed by atoms with Gasteiger partial charge in [-0.1, -0.05) is 56.6 Å². The lowest BCUT2D eigenvalue weighted by molar-refractivity contribution is -0.144. The first-order chi connectivity index (χ1) is 32.1. The Kier molecular flexibility index (Phi) is 16.1. The second-order valence-corrected chi connectivity index (χ2v) is 19.1. The molecule has 2 saturated heterocycles. The van der Waals surface area contributed by atoms with Gasteiger partial charge in [0, 0.05) is 13.1 Å². The van der Waals surface area contributed by atoms with Crippen molar-refractivity contribution in [3.8, 4) is 22.4 Å². The molecule has 2 aliphatic rings. The summed E-state index contributed by atoms with van der Waals surface area (Å²) in [4.78, 5) is 66.9. The first-order valence-electron chi connectivity index (χ1n) is 21.4. The van der Waals surface area contributed by atoms with Gasteiger partial charge < -0.3 is 34.6 Å². The molecular weight excluding hydrogens is 952 g/mol. The molecule has 0 radical (unpaired) electrons. The van der Waals surface area contributed by atoms with Crippen LogP contribution >= 0.6 is 35.2 Å². The van der Waals surface area contributed by atoms with E-state index < -0.39 is 63.7 Å². The number of halogens is 5. The molecule has 15 nitrogen and oxygen atoms in total. The molecule has 0 saturated carbocycles. The maximum absolute atomic E-state index is 15.4. The summed E-state index contributed by atoms with van der Waals surface area (Å²) >= 11 is 13.5. The lowest BCUT2D eigenvalue weighted by Gasteiger charge is -2.35. The molecule has 362 valence electrons. The Morgan fingerprint density at radius 3 is 2.38 bits per heavy atom. The number of nitrogens with one attached hydrogen (secondary N) is 2. The molecule has 22 heteroatoms. The number of carbonyl (C=O) groups excluding carboxylic acids is 4. The van der Waals surface area contributed by atoms with E-state index in [0.717, 1.165) is 33.8 Å². The Morgan fingerprint density at radius 1 is 1.06 bits per heavy atom. The minimum absolute atomic E-state index is 0.0129. The zero-order valence-electron chi connectivity index (χ0n) is 38.0.